The van der Waals surface area contributed by atoms with Gasteiger partial charge < -0.3 is 10.2 Å². The van der Waals surface area contributed by atoms with Crippen LogP contribution in [0, 0.1) is 0 Å². The van der Waals surface area contributed by atoms with Crippen LogP contribution in [0.2, 0.25) is 0 Å². The zero-order chi connectivity index (χ0) is 18.5. The SMILES string of the molecule is CC(=O)Nc1ccc(SCC(=O)N2CCC(C)Sc3ccccc32)cc1. The zero-order valence-electron chi connectivity index (χ0n) is 14.9. The third kappa shape index (κ3) is 4.83. The molecule has 0 saturated heterocycles. The molecule has 1 heterocycles. The highest BCUT2D eigenvalue weighted by Gasteiger charge is 2.23. The van der Waals surface area contributed by atoms with Crippen molar-refractivity contribution in [2.24, 2.45) is 0 Å². The molecule has 0 saturated carbocycles. The van der Waals surface area contributed by atoms with Crippen LogP contribution in [0.15, 0.2) is 58.3 Å². The summed E-state index contributed by atoms with van der Waals surface area (Å²) in [6, 6.07) is 15.7. The van der Waals surface area contributed by atoms with Crippen LogP contribution >= 0.6 is 23.5 Å². The minimum atomic E-state index is -0.0903. The number of hydrogen-bond acceptors (Lipinski definition) is 4. The van der Waals surface area contributed by atoms with E-state index in [0.717, 1.165) is 29.2 Å². The molecule has 1 aliphatic rings. The van der Waals surface area contributed by atoms with Crippen molar-refractivity contribution < 1.29 is 9.59 Å². The molecule has 0 bridgehead atoms. The number of amides is 2. The molecule has 1 atom stereocenters. The summed E-state index contributed by atoms with van der Waals surface area (Å²) in [6.07, 6.45) is 0.987. The molecule has 6 heteroatoms. The summed E-state index contributed by atoms with van der Waals surface area (Å²) in [7, 11) is 0. The third-order valence-electron chi connectivity index (χ3n) is 4.08. The van der Waals surface area contributed by atoms with Crippen LogP contribution in [-0.4, -0.2) is 29.4 Å². The summed E-state index contributed by atoms with van der Waals surface area (Å²) in [5, 5.41) is 3.25. The summed E-state index contributed by atoms with van der Waals surface area (Å²) in [4.78, 5) is 28.0. The van der Waals surface area contributed by atoms with Gasteiger partial charge >= 0.3 is 0 Å². The molecule has 2 amide bonds. The fourth-order valence-corrected chi connectivity index (χ4v) is 4.69. The van der Waals surface area contributed by atoms with Gasteiger partial charge in [-0.3, -0.25) is 9.59 Å². The van der Waals surface area contributed by atoms with Gasteiger partial charge in [0.1, 0.15) is 0 Å². The van der Waals surface area contributed by atoms with Crippen LogP contribution < -0.4 is 10.2 Å². The fourth-order valence-electron chi connectivity index (χ4n) is 2.81. The Morgan fingerprint density at radius 2 is 1.92 bits per heavy atom. The predicted octanol–water partition coefficient (Wildman–Crippen LogP) is 4.65. The molecule has 2 aromatic rings. The summed E-state index contributed by atoms with van der Waals surface area (Å²) < 4.78 is 0. The van der Waals surface area contributed by atoms with Gasteiger partial charge in [0, 0.05) is 34.2 Å². The highest BCUT2D eigenvalue weighted by molar-refractivity contribution is 8.00. The highest BCUT2D eigenvalue weighted by Crippen LogP contribution is 2.37. The smallest absolute Gasteiger partial charge is 0.237 e. The lowest BCUT2D eigenvalue weighted by Gasteiger charge is -2.22. The van der Waals surface area contributed by atoms with E-state index in [1.807, 2.05) is 59.1 Å². The first-order valence-corrected chi connectivity index (χ1v) is 10.5. The van der Waals surface area contributed by atoms with Crippen LogP contribution in [0.3, 0.4) is 0 Å². The number of nitrogens with zero attached hydrogens (tertiary/aromatic N) is 1. The normalized spacial score (nSPS) is 16.5. The first-order valence-electron chi connectivity index (χ1n) is 8.59. The van der Waals surface area contributed by atoms with E-state index in [-0.39, 0.29) is 11.8 Å². The van der Waals surface area contributed by atoms with E-state index in [1.54, 1.807) is 0 Å². The number of thioether (sulfide) groups is 2. The Morgan fingerprint density at radius 3 is 2.65 bits per heavy atom. The van der Waals surface area contributed by atoms with Crippen LogP contribution in [0.1, 0.15) is 20.3 Å². The highest BCUT2D eigenvalue weighted by atomic mass is 32.2. The van der Waals surface area contributed by atoms with Crippen molar-refractivity contribution in [3.8, 4) is 0 Å². The summed E-state index contributed by atoms with van der Waals surface area (Å²) in [6.45, 7) is 4.45. The van der Waals surface area contributed by atoms with Crippen LogP contribution in [0.25, 0.3) is 0 Å². The number of nitrogens with one attached hydrogen (secondary N) is 1. The monoisotopic (exact) mass is 386 g/mol. The zero-order valence-corrected chi connectivity index (χ0v) is 16.5. The maximum atomic E-state index is 12.8. The lowest BCUT2D eigenvalue weighted by Crippen LogP contribution is -2.33. The van der Waals surface area contributed by atoms with Crippen molar-refractivity contribution in [3.05, 3.63) is 48.5 Å². The van der Waals surface area contributed by atoms with Crippen molar-refractivity contribution in [1.29, 1.82) is 0 Å². The van der Waals surface area contributed by atoms with E-state index in [1.165, 1.54) is 23.6 Å². The molecule has 2 aromatic carbocycles. The molecule has 4 nitrogen and oxygen atoms in total. The van der Waals surface area contributed by atoms with Crippen molar-refractivity contribution in [2.75, 3.05) is 22.5 Å². The fraction of sp³-hybridized carbons (Fsp3) is 0.300. The number of benzene rings is 2. The van der Waals surface area contributed by atoms with Gasteiger partial charge in [0.2, 0.25) is 11.8 Å². The lowest BCUT2D eigenvalue weighted by molar-refractivity contribution is -0.116. The van der Waals surface area contributed by atoms with Crippen molar-refractivity contribution in [2.45, 2.75) is 35.3 Å². The average molecular weight is 387 g/mol. The predicted molar refractivity (Wildman–Crippen MR) is 110 cm³/mol. The average Bonchev–Trinajstić information content (AvgIpc) is 2.78. The molecule has 1 aliphatic heterocycles. The number of carbonyl (C=O) groups is 2. The van der Waals surface area contributed by atoms with E-state index < -0.39 is 0 Å². The van der Waals surface area contributed by atoms with Gasteiger partial charge in [0.25, 0.3) is 0 Å². The Morgan fingerprint density at radius 1 is 1.19 bits per heavy atom. The van der Waals surface area contributed by atoms with Gasteiger partial charge in [-0.05, 0) is 42.8 Å². The summed E-state index contributed by atoms with van der Waals surface area (Å²) in [5.41, 5.74) is 1.79. The second-order valence-electron chi connectivity index (χ2n) is 6.22. The Balaban J connectivity index is 1.65. The van der Waals surface area contributed by atoms with Gasteiger partial charge in [0.05, 0.1) is 11.4 Å². The third-order valence-corrected chi connectivity index (χ3v) is 6.32. The quantitative estimate of drug-likeness (QED) is 0.777. The Kier molecular flexibility index (Phi) is 6.27. The first-order chi connectivity index (χ1) is 12.5. The number of rotatable bonds is 4. The molecule has 0 radical (unpaired) electrons. The van der Waals surface area contributed by atoms with Crippen LogP contribution in [-0.2, 0) is 9.59 Å². The lowest BCUT2D eigenvalue weighted by atomic mass is 10.2. The van der Waals surface area contributed by atoms with Gasteiger partial charge in [-0.15, -0.1) is 23.5 Å². The number of fused-ring (bicyclic) bond motifs is 1. The number of anilines is 2. The van der Waals surface area contributed by atoms with E-state index in [0.29, 0.717) is 11.0 Å². The van der Waals surface area contributed by atoms with Crippen molar-refractivity contribution >= 4 is 46.7 Å². The molecular formula is C20H22N2O2S2. The minimum Gasteiger partial charge on any atom is -0.326 e. The summed E-state index contributed by atoms with van der Waals surface area (Å²) in [5.74, 6) is 0.433. The Labute approximate surface area is 162 Å². The largest absolute Gasteiger partial charge is 0.326 e. The van der Waals surface area contributed by atoms with Gasteiger partial charge in [-0.1, -0.05) is 19.1 Å². The van der Waals surface area contributed by atoms with Gasteiger partial charge in [0.15, 0.2) is 0 Å². The first kappa shape index (κ1) is 18.9. The van der Waals surface area contributed by atoms with E-state index in [2.05, 4.69) is 18.3 Å². The van der Waals surface area contributed by atoms with Crippen molar-refractivity contribution in [1.82, 2.24) is 0 Å². The second kappa shape index (κ2) is 8.64. The van der Waals surface area contributed by atoms with Gasteiger partial charge in [-0.25, -0.2) is 0 Å². The molecule has 0 spiro atoms. The molecule has 0 aliphatic carbocycles. The van der Waals surface area contributed by atoms with Crippen LogP contribution in [0.4, 0.5) is 11.4 Å². The van der Waals surface area contributed by atoms with E-state index in [4.69, 9.17) is 0 Å². The standard InChI is InChI=1S/C20H22N2O2S2/c1-14-11-12-22(18-5-3-4-6-19(18)26-14)20(24)13-25-17-9-7-16(8-10-17)21-15(2)23/h3-10,14H,11-13H2,1-2H3,(H,21,23). The second-order valence-corrected chi connectivity index (χ2v) is 8.75. The maximum Gasteiger partial charge on any atom is 0.237 e. The number of carbonyl (C=O) groups excluding carboxylic acids is 2. The molecule has 136 valence electrons. The molecule has 1 unspecified atom stereocenters. The molecular weight excluding hydrogens is 364 g/mol. The molecule has 0 fully saturated rings. The molecule has 1 N–H and O–H groups in total. The number of hydrogen-bond donors (Lipinski definition) is 1. The topological polar surface area (TPSA) is 49.4 Å². The van der Waals surface area contributed by atoms with E-state index in [9.17, 15) is 9.59 Å². The molecule has 26 heavy (non-hydrogen) atoms. The van der Waals surface area contributed by atoms with Crippen LogP contribution in [0.5, 0.6) is 0 Å². The molecule has 0 aromatic heterocycles. The summed E-state index contributed by atoms with van der Waals surface area (Å²) >= 11 is 3.36. The Bertz CT molecular complexity index is 793. The van der Waals surface area contributed by atoms with E-state index >= 15 is 0 Å². The van der Waals surface area contributed by atoms with Crippen molar-refractivity contribution in [3.63, 3.8) is 0 Å². The minimum absolute atomic E-state index is 0.0903. The molecule has 3 rings (SSSR count). The maximum absolute atomic E-state index is 12.8. The Hall–Kier alpha value is -1.92. The van der Waals surface area contributed by atoms with Gasteiger partial charge in [-0.2, -0.15) is 0 Å². The number of para-hydroxylation sites is 1.